The number of benzene rings is 2. The van der Waals surface area contributed by atoms with Gasteiger partial charge in [0.2, 0.25) is 0 Å². The fourth-order valence-corrected chi connectivity index (χ4v) is 5.69. The molecule has 2 saturated heterocycles. The first-order chi connectivity index (χ1) is 14.7. The van der Waals surface area contributed by atoms with E-state index < -0.39 is 5.60 Å². The Balaban J connectivity index is 1.32. The van der Waals surface area contributed by atoms with Crippen molar-refractivity contribution in [2.45, 2.75) is 43.4 Å². The normalized spacial score (nSPS) is 29.1. The van der Waals surface area contributed by atoms with Crippen molar-refractivity contribution in [3.63, 3.8) is 0 Å². The highest BCUT2D eigenvalue weighted by Crippen LogP contribution is 2.53. The van der Waals surface area contributed by atoms with Crippen molar-refractivity contribution in [1.29, 1.82) is 0 Å². The molecule has 148 valence electrons. The van der Waals surface area contributed by atoms with Crippen LogP contribution in [0.1, 0.15) is 31.2 Å². The summed E-state index contributed by atoms with van der Waals surface area (Å²) in [5.74, 6) is 6.49. The van der Waals surface area contributed by atoms with Gasteiger partial charge in [0.1, 0.15) is 0 Å². The maximum absolute atomic E-state index is 12.3. The second-order valence-electron chi connectivity index (χ2n) is 8.66. The van der Waals surface area contributed by atoms with Crippen molar-refractivity contribution in [3.8, 4) is 23.0 Å². The van der Waals surface area contributed by atoms with Gasteiger partial charge >= 0.3 is 5.97 Å². The van der Waals surface area contributed by atoms with Crippen molar-refractivity contribution in [2.24, 2.45) is 0 Å². The van der Waals surface area contributed by atoms with E-state index in [1.54, 1.807) is 6.08 Å². The summed E-state index contributed by atoms with van der Waals surface area (Å²) >= 11 is 0. The molecule has 2 aromatic carbocycles. The Hall–Kier alpha value is -3.09. The molecule has 1 spiro atoms. The van der Waals surface area contributed by atoms with E-state index in [4.69, 9.17) is 4.74 Å². The average Bonchev–Trinajstić information content (AvgIpc) is 3.27. The fraction of sp³-hybridized carbons (Fsp3) is 0.296. The highest BCUT2D eigenvalue weighted by Gasteiger charge is 2.61. The molecular formula is C27H23NO2. The lowest BCUT2D eigenvalue weighted by Crippen LogP contribution is -2.48. The molecule has 0 unspecified atom stereocenters. The number of ether oxygens (including phenoxy) is 1. The zero-order chi connectivity index (χ0) is 20.1. The summed E-state index contributed by atoms with van der Waals surface area (Å²) < 4.78 is 5.98. The molecule has 3 atom stereocenters. The molecule has 3 aliphatic heterocycles. The van der Waals surface area contributed by atoms with E-state index in [1.165, 1.54) is 24.0 Å². The molecule has 0 amide bonds. The van der Waals surface area contributed by atoms with Crippen LogP contribution in [0.25, 0.3) is 11.1 Å². The minimum atomic E-state index is -0.474. The van der Waals surface area contributed by atoms with Gasteiger partial charge in [-0.1, -0.05) is 66.8 Å². The molecule has 4 aliphatic rings. The number of rotatable bonds is 1. The second-order valence-corrected chi connectivity index (χ2v) is 8.66. The third kappa shape index (κ3) is 2.68. The van der Waals surface area contributed by atoms with E-state index in [1.807, 2.05) is 6.07 Å². The number of nitrogens with zero attached hydrogens (tertiary/aromatic N) is 1. The van der Waals surface area contributed by atoms with E-state index >= 15 is 0 Å². The van der Waals surface area contributed by atoms with Gasteiger partial charge in [0.15, 0.2) is 5.60 Å². The van der Waals surface area contributed by atoms with Gasteiger partial charge in [-0.05, 0) is 42.6 Å². The number of carbonyl (C=O) groups is 1. The molecule has 30 heavy (non-hydrogen) atoms. The molecule has 3 nitrogen and oxygen atoms in total. The molecular weight excluding hydrogens is 370 g/mol. The van der Waals surface area contributed by atoms with Crippen LogP contribution in [0.15, 0.2) is 77.9 Å². The van der Waals surface area contributed by atoms with Crippen LogP contribution in [-0.4, -0.2) is 35.1 Å². The lowest BCUT2D eigenvalue weighted by molar-refractivity contribution is -0.148. The summed E-state index contributed by atoms with van der Waals surface area (Å²) in [6.45, 7) is 1.08. The van der Waals surface area contributed by atoms with Crippen molar-refractivity contribution in [3.05, 3.63) is 83.5 Å². The van der Waals surface area contributed by atoms with Gasteiger partial charge in [0, 0.05) is 35.2 Å². The molecule has 0 radical (unpaired) electrons. The molecule has 2 aromatic rings. The number of fused-ring (bicyclic) bond motifs is 3. The highest BCUT2D eigenvalue weighted by atomic mass is 16.6. The topological polar surface area (TPSA) is 29.5 Å². The minimum absolute atomic E-state index is 0.210. The first-order valence-corrected chi connectivity index (χ1v) is 10.8. The molecule has 0 N–H and O–H groups in total. The summed E-state index contributed by atoms with van der Waals surface area (Å²) in [7, 11) is 0. The monoisotopic (exact) mass is 393 g/mol. The molecule has 0 aromatic heterocycles. The van der Waals surface area contributed by atoms with Crippen molar-refractivity contribution in [2.75, 3.05) is 6.54 Å². The van der Waals surface area contributed by atoms with Gasteiger partial charge < -0.3 is 4.74 Å². The maximum atomic E-state index is 12.3. The predicted octanol–water partition coefficient (Wildman–Crippen LogP) is 4.49. The van der Waals surface area contributed by atoms with Gasteiger partial charge in [-0.2, -0.15) is 0 Å². The average molecular weight is 393 g/mol. The third-order valence-electron chi connectivity index (χ3n) is 7.00. The summed E-state index contributed by atoms with van der Waals surface area (Å²) in [4.78, 5) is 14.8. The van der Waals surface area contributed by atoms with Gasteiger partial charge in [-0.15, -0.1) is 0 Å². The summed E-state index contributed by atoms with van der Waals surface area (Å²) in [5, 5.41) is 0. The van der Waals surface area contributed by atoms with E-state index in [-0.39, 0.29) is 5.97 Å². The quantitative estimate of drug-likeness (QED) is 0.528. The number of carbonyl (C=O) groups excluding carboxylic acids is 1. The maximum Gasteiger partial charge on any atom is 0.332 e. The van der Waals surface area contributed by atoms with Gasteiger partial charge in [-0.3, -0.25) is 4.90 Å². The Labute approximate surface area is 177 Å². The Morgan fingerprint density at radius 1 is 0.967 bits per heavy atom. The first kappa shape index (κ1) is 17.7. The van der Waals surface area contributed by atoms with Crippen molar-refractivity contribution >= 4 is 5.97 Å². The zero-order valence-electron chi connectivity index (χ0n) is 16.8. The molecule has 6 rings (SSSR count). The van der Waals surface area contributed by atoms with Gasteiger partial charge in [-0.25, -0.2) is 4.79 Å². The summed E-state index contributed by atoms with van der Waals surface area (Å²) in [6, 6.07) is 19.3. The van der Waals surface area contributed by atoms with Crippen molar-refractivity contribution in [1.82, 2.24) is 4.90 Å². The number of hydrogen-bond acceptors (Lipinski definition) is 3. The molecule has 0 saturated carbocycles. The number of piperidine rings is 1. The number of hydrogen-bond donors (Lipinski definition) is 0. The Bertz CT molecular complexity index is 1130. The van der Waals surface area contributed by atoms with Gasteiger partial charge in [0.05, 0.1) is 6.04 Å². The lowest BCUT2D eigenvalue weighted by Gasteiger charge is -2.38. The standard InChI is InChI=1S/C27H23NO2/c29-26-17-24-22(16-23-18-27(24,30-26)25-8-4-5-15-28(23)25)14-11-19-9-12-21(13-10-19)20-6-2-1-3-7-20/h1-3,6-7,9-10,12-13,16-17,23,25H,4-5,8,15,18H2/t23-,25-,27+/m1/s1. The van der Waals surface area contributed by atoms with Crippen molar-refractivity contribution < 1.29 is 9.53 Å². The van der Waals surface area contributed by atoms with Crippen LogP contribution >= 0.6 is 0 Å². The first-order valence-electron chi connectivity index (χ1n) is 10.8. The minimum Gasteiger partial charge on any atom is -0.449 e. The fourth-order valence-electron chi connectivity index (χ4n) is 5.69. The molecule has 1 aliphatic carbocycles. The Morgan fingerprint density at radius 2 is 1.77 bits per heavy atom. The van der Waals surface area contributed by atoms with E-state index in [2.05, 4.69) is 71.3 Å². The van der Waals surface area contributed by atoms with Crippen LogP contribution < -0.4 is 0 Å². The molecule has 2 bridgehead atoms. The number of esters is 1. The third-order valence-corrected chi connectivity index (χ3v) is 7.00. The second kappa shape index (κ2) is 6.72. The molecule has 3 heterocycles. The lowest BCUT2D eigenvalue weighted by atomic mass is 9.77. The van der Waals surface area contributed by atoms with Crippen LogP contribution in [0.3, 0.4) is 0 Å². The SMILES string of the molecule is O=C1C=C2C(C#Cc3ccc(-c4ccccc4)cc3)=C[C@@H]3C[C@@]2(O1)[C@H]1CCCCN31. The molecule has 2 fully saturated rings. The van der Waals surface area contributed by atoms with Crippen LogP contribution in [0.2, 0.25) is 0 Å². The van der Waals surface area contributed by atoms with E-state index in [0.717, 1.165) is 36.1 Å². The van der Waals surface area contributed by atoms with Crippen LogP contribution in [0.4, 0.5) is 0 Å². The largest absolute Gasteiger partial charge is 0.449 e. The van der Waals surface area contributed by atoms with Crippen LogP contribution in [-0.2, 0) is 9.53 Å². The van der Waals surface area contributed by atoms with E-state index in [9.17, 15) is 4.79 Å². The zero-order valence-corrected chi connectivity index (χ0v) is 16.8. The Morgan fingerprint density at radius 3 is 2.60 bits per heavy atom. The highest BCUT2D eigenvalue weighted by molar-refractivity contribution is 5.90. The molecule has 3 heteroatoms. The smallest absolute Gasteiger partial charge is 0.332 e. The van der Waals surface area contributed by atoms with Gasteiger partial charge in [0.25, 0.3) is 0 Å². The van der Waals surface area contributed by atoms with E-state index in [0.29, 0.717) is 12.1 Å². The Kier molecular flexibility index (Phi) is 3.97. The van der Waals surface area contributed by atoms with Crippen LogP contribution in [0.5, 0.6) is 0 Å². The van der Waals surface area contributed by atoms with Crippen LogP contribution in [0, 0.1) is 11.8 Å². The predicted molar refractivity (Wildman–Crippen MR) is 116 cm³/mol. The summed E-state index contributed by atoms with van der Waals surface area (Å²) in [5.41, 5.74) is 4.87. The summed E-state index contributed by atoms with van der Waals surface area (Å²) in [6.07, 6.45) is 8.35.